The Morgan fingerprint density at radius 3 is 2.00 bits per heavy atom. The summed E-state index contributed by atoms with van der Waals surface area (Å²) >= 11 is 1.65. The van der Waals surface area contributed by atoms with Gasteiger partial charge in [-0.2, -0.15) is 0 Å². The van der Waals surface area contributed by atoms with Crippen molar-refractivity contribution in [2.45, 2.75) is 26.2 Å². The Bertz CT molecular complexity index is 260. The van der Waals surface area contributed by atoms with Crippen LogP contribution in [-0.2, 0) is 5.41 Å². The van der Waals surface area contributed by atoms with Crippen molar-refractivity contribution >= 4 is 16.5 Å². The van der Waals surface area contributed by atoms with Crippen molar-refractivity contribution in [3.05, 3.63) is 5.01 Å². The van der Waals surface area contributed by atoms with Crippen LogP contribution in [0.4, 0.5) is 5.13 Å². The molecule has 0 aromatic carbocycles. The molecule has 0 aliphatic rings. The molecule has 0 aliphatic heterocycles. The predicted octanol–water partition coefficient (Wildman–Crippen LogP) is 1.90. The zero-order chi connectivity index (χ0) is 9.35. The summed E-state index contributed by atoms with van der Waals surface area (Å²) in [6, 6.07) is 0. The zero-order valence-corrected chi connectivity index (χ0v) is 9.07. The van der Waals surface area contributed by atoms with E-state index in [1.165, 1.54) is 0 Å². The molecule has 0 saturated carbocycles. The molecule has 4 heteroatoms. The molecule has 0 spiro atoms. The molecular weight excluding hydrogens is 170 g/mol. The van der Waals surface area contributed by atoms with E-state index in [-0.39, 0.29) is 5.41 Å². The van der Waals surface area contributed by atoms with Gasteiger partial charge in [-0.1, -0.05) is 32.1 Å². The standard InChI is InChI=1S/C8H15N3S/c1-8(2,3)6-9-10-7(12-6)11(4)5/h1-5H3. The smallest absolute Gasteiger partial charge is 0.207 e. The monoisotopic (exact) mass is 185 g/mol. The molecule has 68 valence electrons. The fraction of sp³-hybridized carbons (Fsp3) is 0.750. The molecule has 1 rings (SSSR count). The van der Waals surface area contributed by atoms with E-state index in [1.807, 2.05) is 19.0 Å². The molecule has 0 N–H and O–H groups in total. The summed E-state index contributed by atoms with van der Waals surface area (Å²) in [5.74, 6) is 0. The first kappa shape index (κ1) is 9.45. The van der Waals surface area contributed by atoms with Crippen LogP contribution in [0.3, 0.4) is 0 Å². The van der Waals surface area contributed by atoms with Gasteiger partial charge in [0.1, 0.15) is 5.01 Å². The molecule has 0 amide bonds. The Hall–Kier alpha value is -0.640. The zero-order valence-electron chi connectivity index (χ0n) is 8.25. The van der Waals surface area contributed by atoms with E-state index < -0.39 is 0 Å². The summed E-state index contributed by atoms with van der Waals surface area (Å²) in [5, 5.41) is 10.3. The molecular formula is C8H15N3S. The number of aromatic nitrogens is 2. The average Bonchev–Trinajstić information content (AvgIpc) is 2.30. The molecule has 1 heterocycles. The summed E-state index contributed by atoms with van der Waals surface area (Å²) < 4.78 is 0. The minimum atomic E-state index is 0.117. The summed E-state index contributed by atoms with van der Waals surface area (Å²) in [4.78, 5) is 1.98. The van der Waals surface area contributed by atoms with Crippen LogP contribution in [0.1, 0.15) is 25.8 Å². The average molecular weight is 185 g/mol. The van der Waals surface area contributed by atoms with E-state index in [1.54, 1.807) is 11.3 Å². The normalized spacial score (nSPS) is 11.8. The van der Waals surface area contributed by atoms with Gasteiger partial charge >= 0.3 is 0 Å². The molecule has 0 fully saturated rings. The minimum Gasteiger partial charge on any atom is -0.353 e. The Balaban J connectivity index is 2.92. The lowest BCUT2D eigenvalue weighted by Crippen LogP contribution is -2.10. The van der Waals surface area contributed by atoms with Gasteiger partial charge in [-0.15, -0.1) is 10.2 Å². The van der Waals surface area contributed by atoms with Gasteiger partial charge in [0.15, 0.2) is 0 Å². The van der Waals surface area contributed by atoms with Gasteiger partial charge in [-0.05, 0) is 0 Å². The second kappa shape index (κ2) is 3.01. The van der Waals surface area contributed by atoms with Gasteiger partial charge in [-0.3, -0.25) is 0 Å². The second-order valence-electron chi connectivity index (χ2n) is 4.03. The molecule has 0 saturated heterocycles. The molecule has 12 heavy (non-hydrogen) atoms. The largest absolute Gasteiger partial charge is 0.353 e. The third kappa shape index (κ3) is 1.94. The van der Waals surface area contributed by atoms with Gasteiger partial charge < -0.3 is 4.90 Å². The lowest BCUT2D eigenvalue weighted by atomic mass is 9.98. The molecule has 0 radical (unpaired) electrons. The van der Waals surface area contributed by atoms with Crippen LogP contribution < -0.4 is 4.90 Å². The molecule has 1 aromatic heterocycles. The van der Waals surface area contributed by atoms with Gasteiger partial charge in [-0.25, -0.2) is 0 Å². The van der Waals surface area contributed by atoms with Crippen molar-refractivity contribution in [2.75, 3.05) is 19.0 Å². The highest BCUT2D eigenvalue weighted by Crippen LogP contribution is 2.28. The first-order valence-electron chi connectivity index (χ1n) is 3.92. The Morgan fingerprint density at radius 1 is 1.17 bits per heavy atom. The first-order valence-corrected chi connectivity index (χ1v) is 4.74. The number of anilines is 1. The second-order valence-corrected chi connectivity index (χ2v) is 4.99. The van der Waals surface area contributed by atoms with Crippen molar-refractivity contribution in [1.29, 1.82) is 0 Å². The highest BCUT2D eigenvalue weighted by Gasteiger charge is 2.19. The Labute approximate surface area is 77.4 Å². The number of rotatable bonds is 1. The van der Waals surface area contributed by atoms with Crippen LogP contribution >= 0.6 is 11.3 Å². The lowest BCUT2D eigenvalue weighted by Gasteiger charge is -2.12. The van der Waals surface area contributed by atoms with Crippen LogP contribution in [0.25, 0.3) is 0 Å². The molecule has 0 bridgehead atoms. The van der Waals surface area contributed by atoms with Crippen LogP contribution in [-0.4, -0.2) is 24.3 Å². The number of nitrogens with zero attached hydrogens (tertiary/aromatic N) is 3. The SMILES string of the molecule is CN(C)c1nnc(C(C)(C)C)s1. The van der Waals surface area contributed by atoms with Crippen molar-refractivity contribution < 1.29 is 0 Å². The molecule has 3 nitrogen and oxygen atoms in total. The highest BCUT2D eigenvalue weighted by molar-refractivity contribution is 7.15. The fourth-order valence-electron chi connectivity index (χ4n) is 0.699. The first-order chi connectivity index (χ1) is 5.41. The third-order valence-corrected chi connectivity index (χ3v) is 2.96. The maximum Gasteiger partial charge on any atom is 0.207 e. The van der Waals surface area contributed by atoms with Crippen LogP contribution in [0, 0.1) is 0 Å². The summed E-state index contributed by atoms with van der Waals surface area (Å²) in [7, 11) is 3.96. The number of hydrogen-bond acceptors (Lipinski definition) is 4. The quantitative estimate of drug-likeness (QED) is 0.669. The summed E-state index contributed by atoms with van der Waals surface area (Å²) in [6.45, 7) is 6.44. The van der Waals surface area contributed by atoms with Crippen LogP contribution in [0.2, 0.25) is 0 Å². The van der Waals surface area contributed by atoms with Crippen LogP contribution in [0.5, 0.6) is 0 Å². The van der Waals surface area contributed by atoms with Crippen molar-refractivity contribution in [3.8, 4) is 0 Å². The fourth-order valence-corrected chi connectivity index (χ4v) is 1.52. The lowest BCUT2D eigenvalue weighted by molar-refractivity contribution is 0.578. The minimum absolute atomic E-state index is 0.117. The van der Waals surface area contributed by atoms with Crippen molar-refractivity contribution in [2.24, 2.45) is 0 Å². The molecule has 0 unspecified atom stereocenters. The topological polar surface area (TPSA) is 29.0 Å². The molecule has 0 aliphatic carbocycles. The predicted molar refractivity (Wildman–Crippen MR) is 52.9 cm³/mol. The van der Waals surface area contributed by atoms with Gasteiger partial charge in [0, 0.05) is 19.5 Å². The van der Waals surface area contributed by atoms with Crippen molar-refractivity contribution in [3.63, 3.8) is 0 Å². The van der Waals surface area contributed by atoms with E-state index >= 15 is 0 Å². The number of hydrogen-bond donors (Lipinski definition) is 0. The highest BCUT2D eigenvalue weighted by atomic mass is 32.1. The molecule has 1 aromatic rings. The summed E-state index contributed by atoms with van der Waals surface area (Å²) in [5.41, 5.74) is 0.117. The van der Waals surface area contributed by atoms with E-state index in [2.05, 4.69) is 31.0 Å². The van der Waals surface area contributed by atoms with E-state index in [9.17, 15) is 0 Å². The van der Waals surface area contributed by atoms with Crippen molar-refractivity contribution in [1.82, 2.24) is 10.2 Å². The molecule has 0 atom stereocenters. The third-order valence-electron chi connectivity index (χ3n) is 1.44. The Morgan fingerprint density at radius 2 is 1.75 bits per heavy atom. The van der Waals surface area contributed by atoms with Crippen LogP contribution in [0.15, 0.2) is 0 Å². The van der Waals surface area contributed by atoms with E-state index in [0.717, 1.165) is 10.1 Å². The summed E-state index contributed by atoms with van der Waals surface area (Å²) in [6.07, 6.45) is 0. The van der Waals surface area contributed by atoms with Gasteiger partial charge in [0.25, 0.3) is 0 Å². The Kier molecular flexibility index (Phi) is 2.37. The van der Waals surface area contributed by atoms with E-state index in [4.69, 9.17) is 0 Å². The van der Waals surface area contributed by atoms with E-state index in [0.29, 0.717) is 0 Å². The maximum atomic E-state index is 4.14. The van der Waals surface area contributed by atoms with Gasteiger partial charge in [0.05, 0.1) is 0 Å². The van der Waals surface area contributed by atoms with Gasteiger partial charge in [0.2, 0.25) is 5.13 Å². The maximum absolute atomic E-state index is 4.14.